The Labute approximate surface area is 405 Å². The van der Waals surface area contributed by atoms with Crippen LogP contribution in [0.5, 0.6) is 0 Å². The molecule has 1 aliphatic carbocycles. The smallest absolute Gasteiger partial charge is 0.159 e. The van der Waals surface area contributed by atoms with Crippen LogP contribution in [0, 0.1) is 27.7 Å². The fourth-order valence-corrected chi connectivity index (χ4v) is 12.0. The molecule has 336 valence electrons. The van der Waals surface area contributed by atoms with Crippen molar-refractivity contribution in [2.45, 2.75) is 47.0 Å². The summed E-state index contributed by atoms with van der Waals surface area (Å²) in [5.74, 6) is 0. The van der Waals surface area contributed by atoms with E-state index >= 15 is 0 Å². The highest BCUT2D eigenvalue weighted by Gasteiger charge is 2.39. The molecule has 3 aromatic heterocycles. The zero-order valence-corrected chi connectivity index (χ0v) is 39.9. The van der Waals surface area contributed by atoms with Crippen molar-refractivity contribution < 1.29 is 13.3 Å². The third kappa shape index (κ3) is 5.66. The van der Waals surface area contributed by atoms with Crippen molar-refractivity contribution in [2.75, 3.05) is 9.80 Å². The number of aryl methyl sites for hydroxylation is 4. The molecule has 70 heavy (non-hydrogen) atoms. The molecule has 0 saturated carbocycles. The van der Waals surface area contributed by atoms with E-state index in [2.05, 4.69) is 215 Å². The zero-order valence-electron chi connectivity index (χ0n) is 39.9. The Morgan fingerprint density at radius 3 is 1.44 bits per heavy atom. The van der Waals surface area contributed by atoms with Gasteiger partial charge in [0.1, 0.15) is 22.3 Å². The number of hydrogen-bond acceptors (Lipinski definition) is 5. The van der Waals surface area contributed by atoms with Crippen LogP contribution in [0.2, 0.25) is 0 Å². The van der Waals surface area contributed by atoms with Crippen molar-refractivity contribution in [1.82, 2.24) is 0 Å². The number of rotatable bonds is 6. The molecular weight excluding hydrogens is 857 g/mol. The standard InChI is InChI=1S/C65H48N2O3/c1-37-17-13-18-38(2)61(37)66(53-27-15-25-47-43-22-9-11-29-56(43)69-63(47)53)41-31-32-45-49-34-50-51(36-59(49)68-58(45)33-41)65(5,6)52-35-55(42-21-7-8-24-46(42)60(50)52)67(62-39(3)19-14-20-40(62)4)54-28-16-26-48-44-23-10-12-30-57(44)70-64(48)54/h7-36H,1-6H3. The maximum atomic E-state index is 7.02. The second-order valence-corrected chi connectivity index (χ2v) is 19.8. The molecule has 0 spiro atoms. The summed E-state index contributed by atoms with van der Waals surface area (Å²) in [6, 6.07) is 65.6. The Balaban J connectivity index is 0.969. The number of fused-ring (bicyclic) bond motifs is 14. The molecule has 0 fully saturated rings. The lowest BCUT2D eigenvalue weighted by atomic mass is 9.81. The maximum Gasteiger partial charge on any atom is 0.159 e. The highest BCUT2D eigenvalue weighted by atomic mass is 16.3. The van der Waals surface area contributed by atoms with Crippen molar-refractivity contribution in [2.24, 2.45) is 0 Å². The lowest BCUT2D eigenvalue weighted by molar-refractivity contribution is 0.647. The number of nitrogens with zero attached hydrogens (tertiary/aromatic N) is 2. The molecule has 0 N–H and O–H groups in total. The zero-order chi connectivity index (χ0) is 47.2. The average molecular weight is 905 g/mol. The minimum Gasteiger partial charge on any atom is -0.456 e. The molecule has 0 bridgehead atoms. The summed E-state index contributed by atoms with van der Waals surface area (Å²) >= 11 is 0. The van der Waals surface area contributed by atoms with Crippen molar-refractivity contribution in [1.29, 1.82) is 0 Å². The molecule has 13 aromatic rings. The minimum absolute atomic E-state index is 0.357. The van der Waals surface area contributed by atoms with Gasteiger partial charge in [0.2, 0.25) is 0 Å². The summed E-state index contributed by atoms with van der Waals surface area (Å²) in [4.78, 5) is 4.81. The summed E-state index contributed by atoms with van der Waals surface area (Å²) in [7, 11) is 0. The van der Waals surface area contributed by atoms with Gasteiger partial charge in [0.25, 0.3) is 0 Å². The van der Waals surface area contributed by atoms with E-state index in [1.165, 1.54) is 55.3 Å². The Morgan fingerprint density at radius 2 is 0.829 bits per heavy atom. The highest BCUT2D eigenvalue weighted by molar-refractivity contribution is 6.17. The molecule has 3 heterocycles. The molecule has 10 aromatic carbocycles. The molecular formula is C65H48N2O3. The van der Waals surface area contributed by atoms with E-state index in [9.17, 15) is 0 Å². The van der Waals surface area contributed by atoms with E-state index < -0.39 is 0 Å². The predicted molar refractivity (Wildman–Crippen MR) is 292 cm³/mol. The van der Waals surface area contributed by atoms with Gasteiger partial charge in [0, 0.05) is 49.2 Å². The van der Waals surface area contributed by atoms with Gasteiger partial charge in [-0.1, -0.05) is 135 Å². The first-order valence-corrected chi connectivity index (χ1v) is 24.2. The van der Waals surface area contributed by atoms with Crippen LogP contribution in [0.3, 0.4) is 0 Å². The predicted octanol–water partition coefficient (Wildman–Crippen LogP) is 19.0. The van der Waals surface area contributed by atoms with Crippen molar-refractivity contribution in [3.63, 3.8) is 0 Å². The van der Waals surface area contributed by atoms with Crippen LogP contribution in [-0.4, -0.2) is 0 Å². The highest BCUT2D eigenvalue weighted by Crippen LogP contribution is 2.57. The molecule has 14 rings (SSSR count). The van der Waals surface area contributed by atoms with Gasteiger partial charge in [-0.15, -0.1) is 0 Å². The summed E-state index contributed by atoms with van der Waals surface area (Å²) < 4.78 is 20.5. The first-order chi connectivity index (χ1) is 34.1. The van der Waals surface area contributed by atoms with Crippen LogP contribution in [-0.2, 0) is 5.41 Å². The molecule has 0 amide bonds. The van der Waals surface area contributed by atoms with Crippen molar-refractivity contribution in [3.8, 4) is 11.1 Å². The van der Waals surface area contributed by atoms with Crippen LogP contribution in [0.1, 0.15) is 47.2 Å². The largest absolute Gasteiger partial charge is 0.456 e. The number of anilines is 6. The van der Waals surface area contributed by atoms with E-state index in [0.29, 0.717) is 0 Å². The quantitative estimate of drug-likeness (QED) is 0.166. The maximum absolute atomic E-state index is 7.02. The third-order valence-electron chi connectivity index (χ3n) is 15.3. The lowest BCUT2D eigenvalue weighted by Crippen LogP contribution is -2.18. The van der Waals surface area contributed by atoms with Gasteiger partial charge < -0.3 is 23.1 Å². The molecule has 0 atom stereocenters. The number of furan rings is 3. The number of benzene rings is 10. The van der Waals surface area contributed by atoms with E-state index in [1.807, 2.05) is 18.2 Å². The SMILES string of the molecule is Cc1cccc(C)c1N(c1ccc2c(c1)oc1cc3c(cc12)-c1c(cc(N(c2c(C)cccc2C)c2cccc4c2oc2ccccc24)c2ccccc12)C3(C)C)c1cccc2c1oc1ccccc12. The van der Waals surface area contributed by atoms with Crippen molar-refractivity contribution >= 4 is 111 Å². The van der Waals surface area contributed by atoms with Crippen molar-refractivity contribution in [3.05, 3.63) is 215 Å². The molecule has 5 nitrogen and oxygen atoms in total. The molecule has 1 aliphatic rings. The Bertz CT molecular complexity index is 4310. The topological polar surface area (TPSA) is 45.9 Å². The second-order valence-electron chi connectivity index (χ2n) is 19.8. The van der Waals surface area contributed by atoms with Crippen LogP contribution >= 0.6 is 0 Å². The summed E-state index contributed by atoms with van der Waals surface area (Å²) in [6.45, 7) is 13.5. The van der Waals surface area contributed by atoms with E-state index in [4.69, 9.17) is 13.3 Å². The van der Waals surface area contributed by atoms with E-state index in [-0.39, 0.29) is 5.41 Å². The van der Waals surface area contributed by atoms with Gasteiger partial charge in [-0.2, -0.15) is 0 Å². The van der Waals surface area contributed by atoms with Gasteiger partial charge in [-0.05, 0) is 132 Å². The fourth-order valence-electron chi connectivity index (χ4n) is 12.0. The fraction of sp³-hybridized carbons (Fsp3) is 0.108. The van der Waals surface area contributed by atoms with Gasteiger partial charge in [-0.3, -0.25) is 0 Å². The molecule has 5 heteroatoms. The molecule has 0 radical (unpaired) electrons. The van der Waals surface area contributed by atoms with Gasteiger partial charge >= 0.3 is 0 Å². The van der Waals surface area contributed by atoms with Crippen LogP contribution in [0.15, 0.2) is 195 Å². The number of hydrogen-bond donors (Lipinski definition) is 0. The summed E-state index contributed by atoms with van der Waals surface area (Å²) in [6.07, 6.45) is 0. The minimum atomic E-state index is -0.357. The summed E-state index contributed by atoms with van der Waals surface area (Å²) in [5, 5.41) is 8.99. The Kier molecular flexibility index (Phi) is 8.53. The first-order valence-electron chi connectivity index (χ1n) is 24.2. The van der Waals surface area contributed by atoms with E-state index in [1.54, 1.807) is 0 Å². The summed E-state index contributed by atoms with van der Waals surface area (Å²) in [5.41, 5.74) is 21.0. The number of para-hydroxylation sites is 6. The Hall–Kier alpha value is -8.54. The van der Waals surface area contributed by atoms with Crippen LogP contribution < -0.4 is 9.80 Å². The molecule has 0 aliphatic heterocycles. The monoisotopic (exact) mass is 904 g/mol. The Morgan fingerprint density at radius 1 is 0.343 bits per heavy atom. The van der Waals surface area contributed by atoms with Gasteiger partial charge in [0.15, 0.2) is 11.2 Å². The lowest BCUT2D eigenvalue weighted by Gasteiger charge is -2.31. The molecule has 0 unspecified atom stereocenters. The average Bonchev–Trinajstić information content (AvgIpc) is 4.11. The van der Waals surface area contributed by atoms with Gasteiger partial charge in [0.05, 0.1) is 34.1 Å². The van der Waals surface area contributed by atoms with Crippen LogP contribution in [0.4, 0.5) is 34.1 Å². The van der Waals surface area contributed by atoms with Gasteiger partial charge in [-0.25, -0.2) is 0 Å². The third-order valence-corrected chi connectivity index (χ3v) is 15.3. The first kappa shape index (κ1) is 40.5. The molecule has 0 saturated heterocycles. The normalized spacial score (nSPS) is 13.1. The van der Waals surface area contributed by atoms with Crippen LogP contribution in [0.25, 0.3) is 87.7 Å². The van der Waals surface area contributed by atoms with E-state index in [0.717, 1.165) is 99.9 Å². The second kappa shape index (κ2) is 14.7.